The average Bonchev–Trinajstić information content (AvgIpc) is 2.76. The fourth-order valence-electron chi connectivity index (χ4n) is 2.85. The number of hydrogen-bond acceptors (Lipinski definition) is 2. The van der Waals surface area contributed by atoms with E-state index in [4.69, 9.17) is 16.3 Å². The minimum Gasteiger partial charge on any atom is -0.380 e. The van der Waals surface area contributed by atoms with Crippen molar-refractivity contribution in [1.82, 2.24) is 9.88 Å². The number of ether oxygens (including phenoxy) is 1. The van der Waals surface area contributed by atoms with E-state index >= 15 is 0 Å². The van der Waals surface area contributed by atoms with E-state index in [-0.39, 0.29) is 0 Å². The first-order valence-electron chi connectivity index (χ1n) is 6.78. The summed E-state index contributed by atoms with van der Waals surface area (Å²) < 4.78 is 5.46. The summed E-state index contributed by atoms with van der Waals surface area (Å²) in [6, 6.07) is 8.18. The first-order valence-corrected chi connectivity index (χ1v) is 7.16. The zero-order valence-electron chi connectivity index (χ0n) is 11.2. The molecule has 1 aromatic heterocycles. The molecule has 0 amide bonds. The maximum absolute atomic E-state index is 6.46. The smallest absolute Gasteiger partial charge is 0.0705 e. The normalized spacial score (nSPS) is 21.1. The molecule has 0 spiro atoms. The number of piperidine rings is 1. The molecule has 102 valence electrons. The van der Waals surface area contributed by atoms with Gasteiger partial charge in [0, 0.05) is 36.8 Å². The lowest BCUT2D eigenvalue weighted by Crippen LogP contribution is -2.38. The first-order chi connectivity index (χ1) is 9.28. The van der Waals surface area contributed by atoms with Crippen LogP contribution in [0.25, 0.3) is 10.9 Å². The molecule has 2 heterocycles. The Morgan fingerprint density at radius 2 is 2.26 bits per heavy atom. The maximum Gasteiger partial charge on any atom is 0.0705 e. The number of nitrogens with one attached hydrogen (secondary N) is 1. The van der Waals surface area contributed by atoms with Crippen LogP contribution in [-0.2, 0) is 11.3 Å². The molecule has 1 saturated heterocycles. The number of rotatable bonds is 3. The number of likely N-dealkylation sites (tertiary alicyclic amines) is 1. The molecule has 4 heteroatoms. The molecular formula is C15H19ClN2O. The zero-order valence-corrected chi connectivity index (χ0v) is 11.9. The molecule has 3 rings (SSSR count). The van der Waals surface area contributed by atoms with Gasteiger partial charge in [0.05, 0.1) is 11.1 Å². The number of aromatic nitrogens is 1. The topological polar surface area (TPSA) is 28.3 Å². The van der Waals surface area contributed by atoms with E-state index in [1.807, 2.05) is 12.1 Å². The van der Waals surface area contributed by atoms with Gasteiger partial charge in [0.15, 0.2) is 0 Å². The van der Waals surface area contributed by atoms with Crippen molar-refractivity contribution in [2.24, 2.45) is 0 Å². The molecule has 3 nitrogen and oxygen atoms in total. The molecule has 1 aliphatic heterocycles. The molecule has 1 unspecified atom stereocenters. The second-order valence-corrected chi connectivity index (χ2v) is 5.58. The Labute approximate surface area is 118 Å². The van der Waals surface area contributed by atoms with Gasteiger partial charge in [-0.15, -0.1) is 0 Å². The van der Waals surface area contributed by atoms with E-state index in [2.05, 4.69) is 22.0 Å². The Morgan fingerprint density at radius 1 is 1.42 bits per heavy atom. The van der Waals surface area contributed by atoms with Crippen molar-refractivity contribution in [3.05, 3.63) is 35.0 Å². The van der Waals surface area contributed by atoms with Crippen molar-refractivity contribution in [1.29, 1.82) is 0 Å². The Morgan fingerprint density at radius 3 is 3.05 bits per heavy atom. The molecule has 1 fully saturated rings. The summed E-state index contributed by atoms with van der Waals surface area (Å²) in [5.41, 5.74) is 2.22. The van der Waals surface area contributed by atoms with Crippen LogP contribution in [0, 0.1) is 0 Å². The molecule has 19 heavy (non-hydrogen) atoms. The lowest BCUT2D eigenvalue weighted by molar-refractivity contribution is 0.0282. The van der Waals surface area contributed by atoms with Crippen molar-refractivity contribution in [3.8, 4) is 0 Å². The minimum atomic E-state index is 0.358. The summed E-state index contributed by atoms with van der Waals surface area (Å²) in [4.78, 5) is 5.84. The Kier molecular flexibility index (Phi) is 3.78. The molecule has 0 saturated carbocycles. The summed E-state index contributed by atoms with van der Waals surface area (Å²) in [5, 5.41) is 1.97. The third-order valence-electron chi connectivity index (χ3n) is 3.89. The number of fused-ring (bicyclic) bond motifs is 1. The quantitative estimate of drug-likeness (QED) is 0.932. The summed E-state index contributed by atoms with van der Waals surface area (Å²) in [5.74, 6) is 0. The number of nitrogens with zero attached hydrogens (tertiary/aromatic N) is 1. The largest absolute Gasteiger partial charge is 0.380 e. The number of halogens is 1. The van der Waals surface area contributed by atoms with Gasteiger partial charge in [-0.1, -0.05) is 29.8 Å². The van der Waals surface area contributed by atoms with E-state index in [0.717, 1.165) is 47.7 Å². The maximum atomic E-state index is 6.46. The van der Waals surface area contributed by atoms with Gasteiger partial charge >= 0.3 is 0 Å². The third-order valence-corrected chi connectivity index (χ3v) is 4.32. The van der Waals surface area contributed by atoms with E-state index in [1.165, 1.54) is 6.42 Å². The van der Waals surface area contributed by atoms with Gasteiger partial charge < -0.3 is 9.72 Å². The molecule has 1 aliphatic rings. The van der Waals surface area contributed by atoms with Gasteiger partial charge in [0.25, 0.3) is 0 Å². The molecule has 0 aliphatic carbocycles. The second-order valence-electron chi connectivity index (χ2n) is 5.20. The summed E-state index contributed by atoms with van der Waals surface area (Å²) in [6.07, 6.45) is 2.71. The van der Waals surface area contributed by atoms with E-state index in [1.54, 1.807) is 7.11 Å². The summed E-state index contributed by atoms with van der Waals surface area (Å²) in [6.45, 7) is 2.97. The number of methoxy groups -OCH3 is 1. The lowest BCUT2D eigenvalue weighted by Gasteiger charge is -2.31. The van der Waals surface area contributed by atoms with Crippen LogP contribution in [-0.4, -0.2) is 36.2 Å². The van der Waals surface area contributed by atoms with Crippen LogP contribution in [0.3, 0.4) is 0 Å². The third kappa shape index (κ3) is 2.64. The molecule has 1 atom stereocenters. The van der Waals surface area contributed by atoms with E-state index in [0.29, 0.717) is 6.10 Å². The number of hydrogen-bond donors (Lipinski definition) is 1. The monoisotopic (exact) mass is 278 g/mol. The van der Waals surface area contributed by atoms with Crippen LogP contribution < -0.4 is 0 Å². The lowest BCUT2D eigenvalue weighted by atomic mass is 10.1. The highest BCUT2D eigenvalue weighted by Crippen LogP contribution is 2.28. The number of H-pyrrole nitrogens is 1. The second kappa shape index (κ2) is 5.53. The van der Waals surface area contributed by atoms with Crippen LogP contribution >= 0.6 is 11.6 Å². The first kappa shape index (κ1) is 13.0. The van der Waals surface area contributed by atoms with Crippen LogP contribution in [0.4, 0.5) is 0 Å². The van der Waals surface area contributed by atoms with Gasteiger partial charge in [-0.05, 0) is 25.5 Å². The Hall–Kier alpha value is -1.03. The summed E-state index contributed by atoms with van der Waals surface area (Å²) >= 11 is 6.46. The van der Waals surface area contributed by atoms with Gasteiger partial charge in [0.1, 0.15) is 0 Å². The molecule has 0 bridgehead atoms. The molecular weight excluding hydrogens is 260 g/mol. The zero-order chi connectivity index (χ0) is 13.2. The fraction of sp³-hybridized carbons (Fsp3) is 0.467. The minimum absolute atomic E-state index is 0.358. The highest BCUT2D eigenvalue weighted by molar-refractivity contribution is 6.36. The molecule has 2 aromatic rings. The van der Waals surface area contributed by atoms with Crippen molar-refractivity contribution >= 4 is 22.5 Å². The van der Waals surface area contributed by atoms with Gasteiger partial charge in [-0.2, -0.15) is 0 Å². The summed E-state index contributed by atoms with van der Waals surface area (Å²) in [7, 11) is 1.80. The number of aromatic amines is 1. The van der Waals surface area contributed by atoms with Crippen molar-refractivity contribution in [2.75, 3.05) is 20.2 Å². The molecule has 1 N–H and O–H groups in total. The Balaban J connectivity index is 1.79. The van der Waals surface area contributed by atoms with Crippen LogP contribution in [0.1, 0.15) is 18.5 Å². The SMILES string of the molecule is COC1CCCN(Cc2[nH]c3ccccc3c2Cl)C1. The van der Waals surface area contributed by atoms with Gasteiger partial charge in [-0.3, -0.25) is 4.90 Å². The predicted molar refractivity (Wildman–Crippen MR) is 78.6 cm³/mol. The van der Waals surface area contributed by atoms with Crippen molar-refractivity contribution < 1.29 is 4.74 Å². The standard InChI is InChI=1S/C15H19ClN2O/c1-19-11-5-4-8-18(9-11)10-14-15(16)12-6-2-3-7-13(12)17-14/h2-3,6-7,11,17H,4-5,8-10H2,1H3. The van der Waals surface area contributed by atoms with Crippen LogP contribution in [0.2, 0.25) is 5.02 Å². The molecule has 1 aromatic carbocycles. The fourth-order valence-corrected chi connectivity index (χ4v) is 3.12. The molecule has 0 radical (unpaired) electrons. The van der Waals surface area contributed by atoms with Crippen LogP contribution in [0.15, 0.2) is 24.3 Å². The number of benzene rings is 1. The van der Waals surface area contributed by atoms with E-state index in [9.17, 15) is 0 Å². The highest BCUT2D eigenvalue weighted by atomic mass is 35.5. The average molecular weight is 279 g/mol. The highest BCUT2D eigenvalue weighted by Gasteiger charge is 2.21. The van der Waals surface area contributed by atoms with Crippen molar-refractivity contribution in [2.45, 2.75) is 25.5 Å². The van der Waals surface area contributed by atoms with Gasteiger partial charge in [-0.25, -0.2) is 0 Å². The van der Waals surface area contributed by atoms with Crippen molar-refractivity contribution in [3.63, 3.8) is 0 Å². The Bertz CT molecular complexity index is 566. The van der Waals surface area contributed by atoms with E-state index < -0.39 is 0 Å². The predicted octanol–water partition coefficient (Wildman–Crippen LogP) is 3.43. The van der Waals surface area contributed by atoms with Gasteiger partial charge in [0.2, 0.25) is 0 Å². The number of para-hydroxylation sites is 1. The van der Waals surface area contributed by atoms with Crippen LogP contribution in [0.5, 0.6) is 0 Å².